The van der Waals surface area contributed by atoms with E-state index in [-0.39, 0.29) is 6.61 Å². The zero-order chi connectivity index (χ0) is 34.2. The molecule has 0 atom stereocenters. The molecule has 0 radical (unpaired) electrons. The Morgan fingerprint density at radius 2 is 1.68 bits per heavy atom. The third-order valence-corrected chi connectivity index (χ3v) is 9.86. The van der Waals surface area contributed by atoms with Gasteiger partial charge in [0.25, 0.3) is 5.52 Å². The maximum atomic E-state index is 9.45. The molecule has 254 valence electrons. The molecule has 0 saturated heterocycles. The van der Waals surface area contributed by atoms with E-state index in [2.05, 4.69) is 120 Å². The van der Waals surface area contributed by atoms with E-state index >= 15 is 0 Å². The van der Waals surface area contributed by atoms with E-state index in [4.69, 9.17) is 16.0 Å². The second-order valence-electron chi connectivity index (χ2n) is 11.4. The van der Waals surface area contributed by atoms with Gasteiger partial charge in [-0.3, -0.25) is 4.18 Å². The quantitative estimate of drug-likeness (QED) is 0.0624. The third-order valence-electron chi connectivity index (χ3n) is 9.10. The van der Waals surface area contributed by atoms with E-state index in [9.17, 15) is 13.0 Å². The summed E-state index contributed by atoms with van der Waals surface area (Å²) in [6.07, 6.45) is 7.59. The molecule has 0 unspecified atom stereocenters. The number of benzene rings is 3. The summed E-state index contributed by atoms with van der Waals surface area (Å²) in [7, 11) is -4.42. The molecule has 47 heavy (non-hydrogen) atoms. The molecule has 1 aliphatic heterocycles. The van der Waals surface area contributed by atoms with Crippen LogP contribution < -0.4 is 14.4 Å². The van der Waals surface area contributed by atoms with Gasteiger partial charge >= 0.3 is 5.89 Å². The smallest absolute Gasteiger partial charge is 0.374 e. The summed E-state index contributed by atoms with van der Waals surface area (Å²) in [6, 6.07) is 19.0. The van der Waals surface area contributed by atoms with Crippen molar-refractivity contribution in [2.75, 3.05) is 55.7 Å². The molecular weight excluding hydrogens is 636 g/mol. The van der Waals surface area contributed by atoms with Crippen molar-refractivity contribution >= 4 is 61.3 Å². The Morgan fingerprint density at radius 3 is 2.30 bits per heavy atom. The molecule has 3 aromatic carbocycles. The average Bonchev–Trinajstić information content (AvgIpc) is 3.57. The fourth-order valence-corrected chi connectivity index (χ4v) is 6.89. The summed E-state index contributed by atoms with van der Waals surface area (Å²) in [4.78, 5) is 4.84. The van der Waals surface area contributed by atoms with Gasteiger partial charge in [-0.05, 0) is 83.3 Å². The fourth-order valence-electron chi connectivity index (χ4n) is 6.43. The van der Waals surface area contributed by atoms with Crippen molar-refractivity contribution in [3.05, 3.63) is 83.5 Å². The summed E-state index contributed by atoms with van der Waals surface area (Å²) < 4.78 is 41.9. The van der Waals surface area contributed by atoms with E-state index in [1.54, 1.807) is 0 Å². The molecule has 0 amide bonds. The van der Waals surface area contributed by atoms with Crippen molar-refractivity contribution < 1.29 is 30.6 Å². The number of oxazole rings is 1. The van der Waals surface area contributed by atoms with Gasteiger partial charge in [0.15, 0.2) is 0 Å². The Balaban J connectivity index is 0.000000644. The van der Waals surface area contributed by atoms with Gasteiger partial charge in [-0.25, -0.2) is 8.42 Å². The van der Waals surface area contributed by atoms with Gasteiger partial charge in [0.05, 0.1) is 50.2 Å². The van der Waals surface area contributed by atoms with Gasteiger partial charge in [-0.2, -0.15) is 4.57 Å². The highest BCUT2D eigenvalue weighted by Gasteiger charge is 2.31. The number of hydrogen-bond acceptors (Lipinski definition) is 7. The molecular formula is C36H48ClN4O5S+. The van der Waals surface area contributed by atoms with Crippen molar-refractivity contribution in [3.63, 3.8) is 0 Å². The first kappa shape index (κ1) is 36.4. The molecule has 4 aromatic rings. The van der Waals surface area contributed by atoms with Crippen LogP contribution in [0.15, 0.2) is 77.0 Å². The van der Waals surface area contributed by atoms with Gasteiger partial charge in [0.1, 0.15) is 12.4 Å². The number of rotatable bonds is 13. The Hall–Kier alpha value is -3.41. The Bertz CT molecular complexity index is 1820. The van der Waals surface area contributed by atoms with E-state index in [1.165, 1.54) is 55.7 Å². The van der Waals surface area contributed by atoms with Crippen molar-refractivity contribution in [2.24, 2.45) is 0 Å². The molecule has 1 aromatic heterocycles. The van der Waals surface area contributed by atoms with Crippen LogP contribution in [-0.2, 0) is 21.1 Å². The van der Waals surface area contributed by atoms with Crippen LogP contribution >= 0.6 is 11.6 Å². The number of anilines is 2. The maximum Gasteiger partial charge on any atom is 0.374 e. The first-order chi connectivity index (χ1) is 22.5. The molecule has 2 heterocycles. The highest BCUT2D eigenvalue weighted by atomic mass is 35.5. The molecule has 1 aliphatic rings. The molecule has 0 saturated carbocycles. The normalized spacial score (nSPS) is 14.4. The highest BCUT2D eigenvalue weighted by molar-refractivity contribution is 7.80. The number of fused-ring (bicyclic) bond motifs is 4. The average molecular weight is 684 g/mol. The zero-order valence-corrected chi connectivity index (χ0v) is 30.0. The van der Waals surface area contributed by atoms with Crippen LogP contribution in [0.1, 0.15) is 53.9 Å². The number of nitrogens with zero attached hydrogens (tertiary/aromatic N) is 4. The summed E-state index contributed by atoms with van der Waals surface area (Å²) in [5.41, 5.74) is 4.47. The second-order valence-corrected chi connectivity index (χ2v) is 12.9. The van der Waals surface area contributed by atoms with Crippen molar-refractivity contribution in [1.29, 1.82) is 0 Å². The van der Waals surface area contributed by atoms with Gasteiger partial charge in [-0.1, -0.05) is 35.9 Å². The minimum atomic E-state index is -4.42. The first-order valence-electron chi connectivity index (χ1n) is 16.6. The molecule has 0 fully saturated rings. The van der Waals surface area contributed by atoms with Crippen LogP contribution in [0.2, 0.25) is 5.02 Å². The fraction of sp³-hybridized carbons (Fsp3) is 0.417. The maximum absolute atomic E-state index is 9.45. The summed E-state index contributed by atoms with van der Waals surface area (Å²) in [5, 5.41) is 3.11. The molecule has 5 rings (SSSR count). The Morgan fingerprint density at radius 1 is 0.957 bits per heavy atom. The number of allylic oxidation sites excluding steroid dienone is 2. The van der Waals surface area contributed by atoms with E-state index < -0.39 is 10.4 Å². The lowest BCUT2D eigenvalue weighted by atomic mass is 10.1. The minimum Gasteiger partial charge on any atom is -0.726 e. The zero-order valence-electron chi connectivity index (χ0n) is 28.4. The molecule has 11 heteroatoms. The summed E-state index contributed by atoms with van der Waals surface area (Å²) in [6.45, 7) is 20.0. The Kier molecular flexibility index (Phi) is 12.5. The number of halogens is 1. The topological polar surface area (TPSA) is 89.9 Å². The van der Waals surface area contributed by atoms with Crippen LogP contribution in [0.5, 0.6) is 0 Å². The van der Waals surface area contributed by atoms with Gasteiger partial charge in [-0.15, -0.1) is 0 Å². The van der Waals surface area contributed by atoms with Crippen LogP contribution in [-0.4, -0.2) is 63.3 Å². The van der Waals surface area contributed by atoms with Gasteiger partial charge in [0, 0.05) is 36.0 Å². The van der Waals surface area contributed by atoms with E-state index in [0.29, 0.717) is 0 Å². The minimum absolute atomic E-state index is 0.0914. The predicted molar refractivity (Wildman–Crippen MR) is 191 cm³/mol. The summed E-state index contributed by atoms with van der Waals surface area (Å²) in [5.74, 6) is 2.04. The highest BCUT2D eigenvalue weighted by Crippen LogP contribution is 2.43. The predicted octanol–water partition coefficient (Wildman–Crippen LogP) is 7.50. The standard InChI is InChI=1S/C34H43ClN4O.C2H6O4S/c1-6-36-31-25-27(35)20-22-29(31)38(23-14-24-39(8-3,9-4)10-5)32(36)17-13-18-33-37(7-2)30-21-19-26-15-11-12-16-28(26)34(30)40-33;1-2-6-7(3,4)5/h11-13,15-22,25H,6-10,14,23-24H2,1-5H3;2H2,1H3,(H,3,4,5)/q+2;/p-1. The number of aryl methyl sites for hydroxylation is 1. The largest absolute Gasteiger partial charge is 0.726 e. The Labute approximate surface area is 284 Å². The van der Waals surface area contributed by atoms with Crippen molar-refractivity contribution in [2.45, 2.75) is 54.5 Å². The number of hydrogen-bond donors (Lipinski definition) is 0. The SMILES string of the molecule is CCN1C(=CC=Cc2oc3c4ccccc4ccc3[n+]2CC)N(CCC[N+](CC)(CC)CC)c2ccc(Cl)cc21.CCOS(=O)(=O)[O-]. The monoisotopic (exact) mass is 683 g/mol. The van der Waals surface area contributed by atoms with Crippen molar-refractivity contribution in [1.82, 2.24) is 0 Å². The van der Waals surface area contributed by atoms with Crippen LogP contribution in [0, 0.1) is 0 Å². The molecule has 9 nitrogen and oxygen atoms in total. The summed E-state index contributed by atoms with van der Waals surface area (Å²) >= 11 is 6.46. The lowest BCUT2D eigenvalue weighted by molar-refractivity contribution is -0.923. The number of quaternary nitrogens is 1. The van der Waals surface area contributed by atoms with Gasteiger partial charge in [0.2, 0.25) is 16.0 Å². The lowest BCUT2D eigenvalue weighted by Gasteiger charge is -2.36. The molecule has 0 bridgehead atoms. The second kappa shape index (κ2) is 16.1. The van der Waals surface area contributed by atoms with Crippen LogP contribution in [0.3, 0.4) is 0 Å². The number of aromatic nitrogens is 1. The lowest BCUT2D eigenvalue weighted by Crippen LogP contribution is -2.48. The van der Waals surface area contributed by atoms with Crippen molar-refractivity contribution in [3.8, 4) is 0 Å². The van der Waals surface area contributed by atoms with Crippen LogP contribution in [0.4, 0.5) is 11.4 Å². The first-order valence-corrected chi connectivity index (χ1v) is 18.3. The van der Waals surface area contributed by atoms with E-state index in [0.717, 1.165) is 57.9 Å². The van der Waals surface area contributed by atoms with Crippen LogP contribution in [0.25, 0.3) is 27.9 Å². The van der Waals surface area contributed by atoms with Gasteiger partial charge < -0.3 is 23.3 Å². The third kappa shape index (κ3) is 8.36. The molecule has 0 spiro atoms. The molecule has 0 aliphatic carbocycles. The van der Waals surface area contributed by atoms with E-state index in [1.807, 2.05) is 6.07 Å². The molecule has 0 N–H and O–H groups in total.